The molecular weight excluding hydrogens is 284 g/mol. The zero-order chi connectivity index (χ0) is 16.5. The molecule has 0 bridgehead atoms. The van der Waals surface area contributed by atoms with Gasteiger partial charge in [-0.05, 0) is 86.9 Å². The maximum absolute atomic E-state index is 12.5. The average molecular weight is 319 g/mol. The molecule has 4 rings (SSSR count). The molecule has 130 valence electrons. The number of hydrogen-bond acceptors (Lipinski definition) is 2. The van der Waals surface area contributed by atoms with Gasteiger partial charge in [-0.1, -0.05) is 20.8 Å². The summed E-state index contributed by atoms with van der Waals surface area (Å²) in [5, 5.41) is 10.8. The molecule has 4 aliphatic carbocycles. The van der Waals surface area contributed by atoms with Gasteiger partial charge in [0.1, 0.15) is 5.78 Å². The van der Waals surface area contributed by atoms with Crippen molar-refractivity contribution >= 4 is 5.78 Å². The van der Waals surface area contributed by atoms with Gasteiger partial charge in [-0.3, -0.25) is 4.79 Å². The highest BCUT2D eigenvalue weighted by atomic mass is 16.3. The van der Waals surface area contributed by atoms with Gasteiger partial charge in [-0.25, -0.2) is 0 Å². The molecule has 2 nitrogen and oxygen atoms in total. The van der Waals surface area contributed by atoms with Crippen molar-refractivity contribution < 1.29 is 9.90 Å². The highest BCUT2D eigenvalue weighted by molar-refractivity contribution is 5.87. The minimum atomic E-state index is -0.399. The lowest BCUT2D eigenvalue weighted by atomic mass is 9.44. The van der Waals surface area contributed by atoms with Crippen LogP contribution in [-0.4, -0.2) is 16.5 Å². The van der Waals surface area contributed by atoms with E-state index in [1.54, 1.807) is 0 Å². The summed E-state index contributed by atoms with van der Waals surface area (Å²) in [6, 6.07) is 0. The number of Topliss-reactive ketones (excluding diaryl/α,β-unsaturated/α-hetero) is 1. The Kier molecular flexibility index (Phi) is 3.55. The Hall–Kier alpha value is -0.370. The predicted molar refractivity (Wildman–Crippen MR) is 92.0 cm³/mol. The summed E-state index contributed by atoms with van der Waals surface area (Å²) < 4.78 is 0. The number of carbonyl (C=O) groups is 1. The summed E-state index contributed by atoms with van der Waals surface area (Å²) in [7, 11) is 0. The van der Waals surface area contributed by atoms with Crippen LogP contribution in [0.25, 0.3) is 0 Å². The van der Waals surface area contributed by atoms with Gasteiger partial charge < -0.3 is 5.11 Å². The summed E-state index contributed by atoms with van der Waals surface area (Å²) in [6.45, 7) is 6.95. The number of rotatable bonds is 1. The normalized spacial score (nSPS) is 55.9. The molecule has 0 unspecified atom stereocenters. The first-order valence-corrected chi connectivity index (χ1v) is 10.1. The highest BCUT2D eigenvalue weighted by Gasteiger charge is 2.61. The van der Waals surface area contributed by atoms with Crippen LogP contribution in [0.15, 0.2) is 0 Å². The van der Waals surface area contributed by atoms with E-state index in [1.807, 2.05) is 0 Å². The van der Waals surface area contributed by atoms with Crippen molar-refractivity contribution in [2.24, 2.45) is 34.5 Å². The molecule has 4 aliphatic rings. The van der Waals surface area contributed by atoms with E-state index < -0.39 is 5.60 Å². The fourth-order valence-electron chi connectivity index (χ4n) is 7.41. The predicted octanol–water partition coefficient (Wildman–Crippen LogP) is 4.74. The fraction of sp³-hybridized carbons (Fsp3) is 0.952. The lowest BCUT2D eigenvalue weighted by Crippen LogP contribution is -2.55. The van der Waals surface area contributed by atoms with E-state index in [1.165, 1.54) is 25.7 Å². The van der Waals surface area contributed by atoms with Crippen molar-refractivity contribution in [1.82, 2.24) is 0 Å². The summed E-state index contributed by atoms with van der Waals surface area (Å²) in [6.07, 6.45) is 11.0. The Morgan fingerprint density at radius 1 is 1.04 bits per heavy atom. The SMILES string of the molecule is CC[C@]1(O)CC[C@@]2(C)[C@@H](CC[C@H]3[C@H]2CC[C@]2(C)C(=O)CC[C@@H]32)C1. The summed E-state index contributed by atoms with van der Waals surface area (Å²) in [4.78, 5) is 12.5. The molecule has 23 heavy (non-hydrogen) atoms. The third-order valence-electron chi connectivity index (χ3n) is 9.19. The third kappa shape index (κ3) is 2.12. The van der Waals surface area contributed by atoms with Gasteiger partial charge >= 0.3 is 0 Å². The Balaban J connectivity index is 1.61. The van der Waals surface area contributed by atoms with Crippen LogP contribution in [0.3, 0.4) is 0 Å². The van der Waals surface area contributed by atoms with Gasteiger partial charge in [0.2, 0.25) is 0 Å². The maximum Gasteiger partial charge on any atom is 0.139 e. The van der Waals surface area contributed by atoms with E-state index in [2.05, 4.69) is 20.8 Å². The van der Waals surface area contributed by atoms with Gasteiger partial charge in [0, 0.05) is 11.8 Å². The summed E-state index contributed by atoms with van der Waals surface area (Å²) >= 11 is 0. The standard InChI is InChI=1S/C21H34O2/c1-4-21(23)12-11-19(2)14(13-21)5-6-15-16-7-8-18(22)20(16,3)10-9-17(15)19/h14-17,23H,4-13H2,1-3H3/t14-,15+,16-,17+,19-,20-,21-/m0/s1. The van der Waals surface area contributed by atoms with Crippen molar-refractivity contribution in [3.63, 3.8) is 0 Å². The first-order chi connectivity index (χ1) is 10.8. The van der Waals surface area contributed by atoms with Crippen LogP contribution in [0.1, 0.15) is 85.0 Å². The Labute approximate surface area is 141 Å². The second kappa shape index (κ2) is 5.07. The van der Waals surface area contributed by atoms with Gasteiger partial charge in [0.25, 0.3) is 0 Å². The van der Waals surface area contributed by atoms with E-state index in [9.17, 15) is 9.90 Å². The van der Waals surface area contributed by atoms with Gasteiger partial charge in [-0.2, -0.15) is 0 Å². The average Bonchev–Trinajstić information content (AvgIpc) is 2.84. The second-order valence-corrected chi connectivity index (χ2v) is 9.86. The van der Waals surface area contributed by atoms with Gasteiger partial charge in [0.15, 0.2) is 0 Å². The van der Waals surface area contributed by atoms with Crippen LogP contribution in [0.4, 0.5) is 0 Å². The minimum absolute atomic E-state index is 0.00316. The van der Waals surface area contributed by atoms with Crippen LogP contribution in [0.2, 0.25) is 0 Å². The third-order valence-corrected chi connectivity index (χ3v) is 9.19. The second-order valence-electron chi connectivity index (χ2n) is 9.86. The van der Waals surface area contributed by atoms with Crippen molar-refractivity contribution in [2.75, 3.05) is 0 Å². The molecule has 1 N–H and O–H groups in total. The Morgan fingerprint density at radius 2 is 1.83 bits per heavy atom. The molecular formula is C21H34O2. The van der Waals surface area contributed by atoms with E-state index in [-0.39, 0.29) is 5.41 Å². The molecule has 0 aromatic rings. The summed E-state index contributed by atoms with van der Waals surface area (Å²) in [5.74, 6) is 3.47. The smallest absolute Gasteiger partial charge is 0.139 e. The molecule has 4 saturated carbocycles. The fourth-order valence-corrected chi connectivity index (χ4v) is 7.41. The van der Waals surface area contributed by atoms with Crippen LogP contribution in [0, 0.1) is 34.5 Å². The molecule has 0 radical (unpaired) electrons. The van der Waals surface area contributed by atoms with Crippen LogP contribution < -0.4 is 0 Å². The molecule has 0 saturated heterocycles. The topological polar surface area (TPSA) is 37.3 Å². The van der Waals surface area contributed by atoms with E-state index in [0.29, 0.717) is 23.0 Å². The molecule has 0 heterocycles. The molecule has 0 spiro atoms. The van der Waals surface area contributed by atoms with Crippen molar-refractivity contribution in [2.45, 2.75) is 90.6 Å². The van der Waals surface area contributed by atoms with Crippen LogP contribution in [0.5, 0.6) is 0 Å². The monoisotopic (exact) mass is 318 g/mol. The maximum atomic E-state index is 12.5. The molecule has 0 amide bonds. The molecule has 0 aromatic heterocycles. The van der Waals surface area contributed by atoms with E-state index in [4.69, 9.17) is 0 Å². The van der Waals surface area contributed by atoms with Gasteiger partial charge in [-0.15, -0.1) is 0 Å². The molecule has 0 aromatic carbocycles. The molecule has 4 fully saturated rings. The number of carbonyl (C=O) groups excluding carboxylic acids is 1. The molecule has 2 heteroatoms. The number of fused-ring (bicyclic) bond motifs is 5. The van der Waals surface area contributed by atoms with Crippen molar-refractivity contribution in [3.8, 4) is 0 Å². The van der Waals surface area contributed by atoms with Crippen LogP contribution in [-0.2, 0) is 4.79 Å². The zero-order valence-corrected chi connectivity index (χ0v) is 15.2. The Bertz CT molecular complexity index is 514. The largest absolute Gasteiger partial charge is 0.390 e. The Morgan fingerprint density at radius 3 is 2.57 bits per heavy atom. The van der Waals surface area contributed by atoms with Crippen molar-refractivity contribution in [3.05, 3.63) is 0 Å². The first-order valence-electron chi connectivity index (χ1n) is 10.1. The van der Waals surface area contributed by atoms with E-state index >= 15 is 0 Å². The molecule has 0 aliphatic heterocycles. The number of aliphatic hydroxyl groups is 1. The molecule has 7 atom stereocenters. The highest BCUT2D eigenvalue weighted by Crippen LogP contribution is 2.66. The number of ketones is 1. The van der Waals surface area contributed by atoms with Gasteiger partial charge in [0.05, 0.1) is 5.60 Å². The minimum Gasteiger partial charge on any atom is -0.390 e. The number of hydrogen-bond donors (Lipinski definition) is 1. The first kappa shape index (κ1) is 16.1. The zero-order valence-electron chi connectivity index (χ0n) is 15.2. The lowest BCUT2D eigenvalue weighted by Gasteiger charge is -2.61. The quantitative estimate of drug-likeness (QED) is 0.758. The summed E-state index contributed by atoms with van der Waals surface area (Å²) in [5.41, 5.74) is 0.0178. The van der Waals surface area contributed by atoms with Crippen LogP contribution >= 0.6 is 0 Å². The lowest BCUT2D eigenvalue weighted by molar-refractivity contribution is -0.154. The van der Waals surface area contributed by atoms with Crippen molar-refractivity contribution in [1.29, 1.82) is 0 Å². The van der Waals surface area contributed by atoms with E-state index in [0.717, 1.165) is 50.4 Å².